The van der Waals surface area contributed by atoms with Crippen LogP contribution in [0, 0.1) is 3.57 Å². The molecule has 0 aromatic heterocycles. The quantitative estimate of drug-likeness (QED) is 0.241. The Labute approximate surface area is 208 Å². The van der Waals surface area contributed by atoms with Gasteiger partial charge in [-0.05, 0) is 71.1 Å². The molecule has 1 fully saturated rings. The first-order valence-corrected chi connectivity index (χ1v) is 11.8. The summed E-state index contributed by atoms with van der Waals surface area (Å²) >= 11 is 9.08. The van der Waals surface area contributed by atoms with Gasteiger partial charge in [-0.25, -0.2) is 0 Å². The molecule has 1 heterocycles. The summed E-state index contributed by atoms with van der Waals surface area (Å²) in [6.45, 7) is 1.68. The van der Waals surface area contributed by atoms with Gasteiger partial charge in [-0.3, -0.25) is 19.3 Å². The van der Waals surface area contributed by atoms with Crippen molar-refractivity contribution in [3.63, 3.8) is 0 Å². The van der Waals surface area contributed by atoms with Gasteiger partial charge in [0, 0.05) is 10.6 Å². The van der Waals surface area contributed by atoms with Crippen molar-refractivity contribution in [2.75, 3.05) is 20.3 Å². The van der Waals surface area contributed by atoms with Crippen molar-refractivity contribution in [3.05, 3.63) is 61.0 Å². The van der Waals surface area contributed by atoms with Crippen LogP contribution in [0.2, 0.25) is 5.02 Å². The van der Waals surface area contributed by atoms with Gasteiger partial charge in [0.25, 0.3) is 11.1 Å². The van der Waals surface area contributed by atoms with E-state index in [0.717, 1.165) is 25.8 Å². The molecule has 1 saturated heterocycles. The van der Waals surface area contributed by atoms with Crippen molar-refractivity contribution < 1.29 is 28.6 Å². The maximum atomic E-state index is 12.6. The highest BCUT2D eigenvalue weighted by molar-refractivity contribution is 14.1. The van der Waals surface area contributed by atoms with Gasteiger partial charge in [0.1, 0.15) is 13.2 Å². The summed E-state index contributed by atoms with van der Waals surface area (Å²) in [6.07, 6.45) is 1.58. The van der Waals surface area contributed by atoms with Crippen LogP contribution >= 0.6 is 46.0 Å². The topological polar surface area (TPSA) is 82.1 Å². The second-order valence-electron chi connectivity index (χ2n) is 6.49. The number of benzene rings is 2. The molecule has 2 amide bonds. The number of carbonyl (C=O) groups is 3. The first-order valence-electron chi connectivity index (χ1n) is 9.48. The Morgan fingerprint density at radius 2 is 2.00 bits per heavy atom. The predicted octanol–water partition coefficient (Wildman–Crippen LogP) is 5.13. The van der Waals surface area contributed by atoms with Gasteiger partial charge in [0.15, 0.2) is 11.5 Å². The standard InChI is InChI=1S/C22H19ClINO6S/c1-3-30-19(26)11-25-21(27)18(32-22(25)28)10-13-8-16(24)20(17(9-13)29-2)31-12-14-6-4-5-7-15(14)23/h4-10H,3,11-12H2,1-2H3/b18-10+. The van der Waals surface area contributed by atoms with E-state index in [0.29, 0.717) is 22.1 Å². The van der Waals surface area contributed by atoms with E-state index in [1.54, 1.807) is 25.1 Å². The summed E-state index contributed by atoms with van der Waals surface area (Å²) in [4.78, 5) is 37.5. The zero-order valence-electron chi connectivity index (χ0n) is 17.2. The lowest BCUT2D eigenvalue weighted by Gasteiger charge is -2.14. The van der Waals surface area contributed by atoms with Gasteiger partial charge in [-0.15, -0.1) is 0 Å². The summed E-state index contributed by atoms with van der Waals surface area (Å²) in [5, 5.41) is 0.0901. The summed E-state index contributed by atoms with van der Waals surface area (Å²) in [5.74, 6) is -0.157. The second kappa shape index (κ2) is 11.1. The molecule has 0 radical (unpaired) electrons. The number of amides is 2. The lowest BCUT2D eigenvalue weighted by Crippen LogP contribution is -2.34. The average Bonchev–Trinajstić information content (AvgIpc) is 3.01. The molecule has 32 heavy (non-hydrogen) atoms. The number of hydrogen-bond acceptors (Lipinski definition) is 7. The molecule has 168 valence electrons. The lowest BCUT2D eigenvalue weighted by molar-refractivity contribution is -0.145. The molecule has 10 heteroatoms. The van der Waals surface area contributed by atoms with Gasteiger partial charge in [-0.1, -0.05) is 29.8 Å². The largest absolute Gasteiger partial charge is 0.493 e. The summed E-state index contributed by atoms with van der Waals surface area (Å²) in [7, 11) is 1.52. The zero-order chi connectivity index (χ0) is 23.3. The third-order valence-electron chi connectivity index (χ3n) is 4.35. The molecule has 0 aliphatic carbocycles. The molecule has 0 unspecified atom stereocenters. The second-order valence-corrected chi connectivity index (χ2v) is 9.05. The molecule has 2 aromatic rings. The Morgan fingerprint density at radius 1 is 1.25 bits per heavy atom. The molecular formula is C22H19ClINO6S. The number of thioether (sulfide) groups is 1. The minimum Gasteiger partial charge on any atom is -0.493 e. The Bertz CT molecular complexity index is 1090. The molecule has 3 rings (SSSR count). The van der Waals surface area contributed by atoms with Crippen molar-refractivity contribution in [3.8, 4) is 11.5 Å². The molecule has 0 bridgehead atoms. The van der Waals surface area contributed by atoms with Crippen LogP contribution in [0.1, 0.15) is 18.1 Å². The SMILES string of the molecule is CCOC(=O)CN1C(=O)S/C(=C/c2cc(I)c(OCc3ccccc3Cl)c(OC)c2)C1=O. The highest BCUT2D eigenvalue weighted by atomic mass is 127. The molecule has 0 spiro atoms. The first-order chi connectivity index (χ1) is 15.3. The average molecular weight is 588 g/mol. The van der Waals surface area contributed by atoms with Crippen molar-refractivity contribution in [2.24, 2.45) is 0 Å². The Morgan fingerprint density at radius 3 is 2.69 bits per heavy atom. The minimum atomic E-state index is -0.632. The Kier molecular flexibility index (Phi) is 8.44. The molecular weight excluding hydrogens is 569 g/mol. The number of ether oxygens (including phenoxy) is 3. The fourth-order valence-electron chi connectivity index (χ4n) is 2.85. The van der Waals surface area contributed by atoms with Gasteiger partial charge < -0.3 is 14.2 Å². The van der Waals surface area contributed by atoms with Crippen LogP contribution in [-0.4, -0.2) is 42.3 Å². The van der Waals surface area contributed by atoms with Gasteiger partial charge in [0.2, 0.25) is 0 Å². The van der Waals surface area contributed by atoms with E-state index in [1.807, 2.05) is 24.3 Å². The predicted molar refractivity (Wildman–Crippen MR) is 131 cm³/mol. The van der Waals surface area contributed by atoms with E-state index in [2.05, 4.69) is 22.6 Å². The van der Waals surface area contributed by atoms with Gasteiger partial charge in [0.05, 0.1) is 22.2 Å². The van der Waals surface area contributed by atoms with Gasteiger partial charge in [-0.2, -0.15) is 0 Å². The maximum absolute atomic E-state index is 12.6. The monoisotopic (exact) mass is 587 g/mol. The van der Waals surface area contributed by atoms with Crippen molar-refractivity contribution >= 4 is 69.1 Å². The highest BCUT2D eigenvalue weighted by Crippen LogP contribution is 2.37. The Balaban J connectivity index is 1.80. The molecule has 1 aliphatic heterocycles. The van der Waals surface area contributed by atoms with E-state index in [-0.39, 0.29) is 18.1 Å². The zero-order valence-corrected chi connectivity index (χ0v) is 21.0. The Hall–Kier alpha value is -2.24. The van der Waals surface area contributed by atoms with Crippen LogP contribution in [0.5, 0.6) is 11.5 Å². The first kappa shape index (κ1) is 24.4. The van der Waals surface area contributed by atoms with Crippen molar-refractivity contribution in [2.45, 2.75) is 13.5 Å². The molecule has 0 atom stereocenters. The number of carbonyl (C=O) groups excluding carboxylic acids is 3. The number of imide groups is 1. The third-order valence-corrected chi connectivity index (χ3v) is 6.42. The van der Waals surface area contributed by atoms with Gasteiger partial charge >= 0.3 is 5.97 Å². The number of nitrogens with zero attached hydrogens (tertiary/aromatic N) is 1. The number of methoxy groups -OCH3 is 1. The minimum absolute atomic E-state index is 0.175. The normalized spacial score (nSPS) is 14.8. The van der Waals surface area contributed by atoms with E-state index >= 15 is 0 Å². The molecule has 1 aliphatic rings. The molecule has 2 aromatic carbocycles. The number of halogens is 2. The number of hydrogen-bond donors (Lipinski definition) is 0. The van der Waals surface area contributed by atoms with E-state index in [1.165, 1.54) is 7.11 Å². The van der Waals surface area contributed by atoms with Crippen LogP contribution in [0.15, 0.2) is 41.3 Å². The maximum Gasteiger partial charge on any atom is 0.326 e. The van der Waals surface area contributed by atoms with Crippen LogP contribution in [0.4, 0.5) is 4.79 Å². The number of esters is 1. The fraction of sp³-hybridized carbons (Fsp3) is 0.227. The molecule has 7 nitrogen and oxygen atoms in total. The van der Waals surface area contributed by atoms with E-state index in [9.17, 15) is 14.4 Å². The summed E-state index contributed by atoms with van der Waals surface area (Å²) in [6, 6.07) is 10.9. The van der Waals surface area contributed by atoms with Crippen LogP contribution in [-0.2, 0) is 20.9 Å². The lowest BCUT2D eigenvalue weighted by atomic mass is 10.1. The van der Waals surface area contributed by atoms with Crippen LogP contribution < -0.4 is 9.47 Å². The number of rotatable bonds is 8. The fourth-order valence-corrected chi connectivity index (χ4v) is 4.66. The molecule has 0 saturated carbocycles. The smallest absolute Gasteiger partial charge is 0.326 e. The van der Waals surface area contributed by atoms with Crippen LogP contribution in [0.3, 0.4) is 0 Å². The van der Waals surface area contributed by atoms with E-state index in [4.69, 9.17) is 25.8 Å². The summed E-state index contributed by atoms with van der Waals surface area (Å²) in [5.41, 5.74) is 1.49. The highest BCUT2D eigenvalue weighted by Gasteiger charge is 2.36. The molecule has 0 N–H and O–H groups in total. The third kappa shape index (κ3) is 5.76. The van der Waals surface area contributed by atoms with Crippen LogP contribution in [0.25, 0.3) is 6.08 Å². The van der Waals surface area contributed by atoms with Crippen molar-refractivity contribution in [1.82, 2.24) is 4.90 Å². The van der Waals surface area contributed by atoms with E-state index < -0.39 is 23.7 Å². The summed E-state index contributed by atoms with van der Waals surface area (Å²) < 4.78 is 17.0. The van der Waals surface area contributed by atoms with Crippen molar-refractivity contribution in [1.29, 1.82) is 0 Å².